The number of hydrogen-bond acceptors (Lipinski definition) is 4. The highest BCUT2D eigenvalue weighted by Crippen LogP contribution is 2.40. The summed E-state index contributed by atoms with van der Waals surface area (Å²) in [5.74, 6) is -0.710. The molecule has 2 aromatic heterocycles. The van der Waals surface area contributed by atoms with Crippen molar-refractivity contribution >= 4 is 21.6 Å². The van der Waals surface area contributed by atoms with Crippen LogP contribution in [0.5, 0.6) is 0 Å². The van der Waals surface area contributed by atoms with Crippen LogP contribution >= 0.6 is 11.3 Å². The third kappa shape index (κ3) is 4.62. The van der Waals surface area contributed by atoms with E-state index in [1.54, 1.807) is 0 Å². The third-order valence-electron chi connectivity index (χ3n) is 5.98. The van der Waals surface area contributed by atoms with Crippen molar-refractivity contribution in [3.05, 3.63) is 102 Å². The number of nitrogens with zero attached hydrogens (tertiary/aromatic N) is 2. The highest BCUT2D eigenvalue weighted by molar-refractivity contribution is 7.18. The molecule has 5 nitrogen and oxygen atoms in total. The van der Waals surface area contributed by atoms with Crippen molar-refractivity contribution in [1.29, 1.82) is 0 Å². The molecule has 0 saturated heterocycles. The molecule has 0 bridgehead atoms. The van der Waals surface area contributed by atoms with E-state index in [4.69, 9.17) is 0 Å². The fourth-order valence-corrected chi connectivity index (χ4v) is 5.67. The highest BCUT2D eigenvalue weighted by atomic mass is 32.1. The molecule has 4 aromatic rings. The van der Waals surface area contributed by atoms with Crippen LogP contribution in [-0.2, 0) is 26.2 Å². The van der Waals surface area contributed by atoms with Gasteiger partial charge in [0.15, 0.2) is 0 Å². The summed E-state index contributed by atoms with van der Waals surface area (Å²) < 4.78 is 58.1. The van der Waals surface area contributed by atoms with Crippen molar-refractivity contribution in [3.63, 3.8) is 0 Å². The van der Waals surface area contributed by atoms with E-state index in [0.29, 0.717) is 0 Å². The summed E-state index contributed by atoms with van der Waals surface area (Å²) in [4.78, 5) is 26.7. The number of aliphatic hydroxyl groups is 1. The average molecular weight is 521 g/mol. The number of rotatable bonds is 6. The van der Waals surface area contributed by atoms with Gasteiger partial charge in [0.1, 0.15) is 16.8 Å². The molecule has 1 unspecified atom stereocenters. The summed E-state index contributed by atoms with van der Waals surface area (Å²) >= 11 is 0.972. The maximum absolute atomic E-state index is 14.7. The maximum atomic E-state index is 14.7. The second kappa shape index (κ2) is 9.67. The molecule has 2 aromatic carbocycles. The molecule has 1 atom stereocenters. The first kappa shape index (κ1) is 25.8. The molecule has 190 valence electrons. The van der Waals surface area contributed by atoms with Gasteiger partial charge in [0, 0.05) is 36.0 Å². The Morgan fingerprint density at radius 2 is 1.67 bits per heavy atom. The van der Waals surface area contributed by atoms with Crippen LogP contribution in [-0.4, -0.2) is 14.2 Å². The Kier molecular flexibility index (Phi) is 6.94. The van der Waals surface area contributed by atoms with E-state index in [1.165, 1.54) is 48.0 Å². The number of thiophene rings is 1. The zero-order valence-electron chi connectivity index (χ0n) is 19.8. The molecule has 2 heterocycles. The number of fused-ring (bicyclic) bond motifs is 1. The largest absolute Gasteiger partial charge is 0.416 e. The minimum atomic E-state index is -4.62. The fourth-order valence-electron chi connectivity index (χ4n) is 4.32. The molecular weight excluding hydrogens is 496 g/mol. The summed E-state index contributed by atoms with van der Waals surface area (Å²) in [6.07, 6.45) is -6.52. The van der Waals surface area contributed by atoms with Crippen LogP contribution in [0.25, 0.3) is 10.2 Å². The van der Waals surface area contributed by atoms with Gasteiger partial charge in [-0.05, 0) is 23.6 Å². The molecule has 10 heteroatoms. The van der Waals surface area contributed by atoms with Gasteiger partial charge in [-0.15, -0.1) is 11.3 Å². The molecule has 0 saturated carbocycles. The molecule has 1 N–H and O–H groups in total. The van der Waals surface area contributed by atoms with Gasteiger partial charge < -0.3 is 5.11 Å². The zero-order valence-corrected chi connectivity index (χ0v) is 20.6. The van der Waals surface area contributed by atoms with Crippen molar-refractivity contribution in [3.8, 4) is 0 Å². The molecule has 36 heavy (non-hydrogen) atoms. The van der Waals surface area contributed by atoms with Crippen LogP contribution in [0.2, 0.25) is 0 Å². The van der Waals surface area contributed by atoms with E-state index in [2.05, 4.69) is 0 Å². The van der Waals surface area contributed by atoms with Gasteiger partial charge in [-0.3, -0.25) is 13.9 Å². The van der Waals surface area contributed by atoms with Crippen molar-refractivity contribution in [2.45, 2.75) is 39.1 Å². The summed E-state index contributed by atoms with van der Waals surface area (Å²) in [5, 5.41) is 11.3. The van der Waals surface area contributed by atoms with E-state index in [9.17, 15) is 32.3 Å². The number of aliphatic hydroxyl groups excluding tert-OH is 1. The lowest BCUT2D eigenvalue weighted by Gasteiger charge is -2.16. The predicted octanol–water partition coefficient (Wildman–Crippen LogP) is 5.25. The molecule has 0 amide bonds. The van der Waals surface area contributed by atoms with Gasteiger partial charge in [-0.25, -0.2) is 9.18 Å². The first-order valence-electron chi connectivity index (χ1n) is 11.2. The van der Waals surface area contributed by atoms with Gasteiger partial charge in [0.25, 0.3) is 5.56 Å². The van der Waals surface area contributed by atoms with E-state index < -0.39 is 34.9 Å². The summed E-state index contributed by atoms with van der Waals surface area (Å²) in [6, 6.07) is 10.5. The molecule has 0 fully saturated rings. The van der Waals surface area contributed by atoms with Gasteiger partial charge >= 0.3 is 11.9 Å². The van der Waals surface area contributed by atoms with Crippen molar-refractivity contribution in [2.75, 3.05) is 0 Å². The smallest absolute Gasteiger partial charge is 0.383 e. The summed E-state index contributed by atoms with van der Waals surface area (Å²) in [6.45, 7) is 4.01. The Balaban J connectivity index is 2.07. The SMILES string of the molecule is CC(C)Cn1c(=O)n(C)c(=O)c2c(C(O)c3ccccc3F)c(Cc3ccccc3C(F)(F)F)sc21. The minimum absolute atomic E-state index is 0.00186. The first-order chi connectivity index (χ1) is 16.9. The van der Waals surface area contributed by atoms with Gasteiger partial charge in [-0.1, -0.05) is 50.2 Å². The number of aromatic nitrogens is 2. The van der Waals surface area contributed by atoms with Crippen LogP contribution in [0.3, 0.4) is 0 Å². The quantitative estimate of drug-likeness (QED) is 0.354. The lowest BCUT2D eigenvalue weighted by Crippen LogP contribution is -2.38. The molecule has 0 aliphatic heterocycles. The maximum Gasteiger partial charge on any atom is 0.416 e. The standard InChI is InChI=1S/C26H24F4N2O3S/c1-14(2)13-32-24-21(23(34)31(3)25(32)35)20(22(33)16-9-5-7-11-18(16)27)19(36-24)12-15-8-4-6-10-17(15)26(28,29)30/h4-11,14,22,33H,12-13H2,1-3H3. The third-order valence-corrected chi connectivity index (χ3v) is 7.21. The van der Waals surface area contributed by atoms with Crippen LogP contribution in [0.15, 0.2) is 58.1 Å². The summed E-state index contributed by atoms with van der Waals surface area (Å²) in [7, 11) is 1.30. The molecule has 0 aliphatic rings. The molecule has 0 radical (unpaired) electrons. The van der Waals surface area contributed by atoms with Crippen LogP contribution in [0.1, 0.15) is 47.1 Å². The van der Waals surface area contributed by atoms with Gasteiger partial charge in [0.05, 0.1) is 10.9 Å². The van der Waals surface area contributed by atoms with E-state index in [1.807, 2.05) is 13.8 Å². The first-order valence-corrected chi connectivity index (χ1v) is 12.1. The molecule has 0 spiro atoms. The summed E-state index contributed by atoms with van der Waals surface area (Å²) in [5.41, 5.74) is -2.29. The van der Waals surface area contributed by atoms with E-state index >= 15 is 0 Å². The number of halogens is 4. The second-order valence-electron chi connectivity index (χ2n) is 9.03. The van der Waals surface area contributed by atoms with Crippen molar-refractivity contribution in [2.24, 2.45) is 13.0 Å². The number of benzene rings is 2. The van der Waals surface area contributed by atoms with E-state index in [-0.39, 0.29) is 50.7 Å². The number of hydrogen-bond donors (Lipinski definition) is 1. The predicted molar refractivity (Wildman–Crippen MR) is 131 cm³/mol. The number of alkyl halides is 3. The van der Waals surface area contributed by atoms with E-state index in [0.717, 1.165) is 28.0 Å². The zero-order chi connectivity index (χ0) is 26.4. The van der Waals surface area contributed by atoms with Gasteiger partial charge in [-0.2, -0.15) is 13.2 Å². The van der Waals surface area contributed by atoms with Crippen LogP contribution in [0.4, 0.5) is 17.6 Å². The lowest BCUT2D eigenvalue weighted by atomic mass is 9.95. The van der Waals surface area contributed by atoms with Crippen LogP contribution < -0.4 is 11.2 Å². The Morgan fingerprint density at radius 3 is 2.31 bits per heavy atom. The molecule has 0 aliphatic carbocycles. The Hall–Kier alpha value is -3.24. The Labute approximate surface area is 207 Å². The Bertz CT molecular complexity index is 1550. The fraction of sp³-hybridized carbons (Fsp3) is 0.308. The highest BCUT2D eigenvalue weighted by Gasteiger charge is 2.34. The minimum Gasteiger partial charge on any atom is -0.383 e. The molecular formula is C26H24F4N2O3S. The van der Waals surface area contributed by atoms with Crippen LogP contribution in [0, 0.1) is 11.7 Å². The van der Waals surface area contributed by atoms with Crippen molar-refractivity contribution in [1.82, 2.24) is 9.13 Å². The molecule has 4 rings (SSSR count). The average Bonchev–Trinajstić information content (AvgIpc) is 3.18. The lowest BCUT2D eigenvalue weighted by molar-refractivity contribution is -0.138. The topological polar surface area (TPSA) is 64.2 Å². The normalized spacial score (nSPS) is 13.0. The van der Waals surface area contributed by atoms with Crippen molar-refractivity contribution < 1.29 is 22.7 Å². The van der Waals surface area contributed by atoms with Gasteiger partial charge in [0.2, 0.25) is 0 Å². The second-order valence-corrected chi connectivity index (χ2v) is 10.1. The monoisotopic (exact) mass is 520 g/mol. The Morgan fingerprint density at radius 1 is 1.03 bits per heavy atom.